The molecule has 1 aromatic carbocycles. The highest BCUT2D eigenvalue weighted by Gasteiger charge is 2.19. The molecule has 0 aliphatic rings. The molecule has 0 spiro atoms. The summed E-state index contributed by atoms with van der Waals surface area (Å²) in [4.78, 5) is 15.5. The number of nitrogens with one attached hydrogen (secondary N) is 2. The highest BCUT2D eigenvalue weighted by Crippen LogP contribution is 2.44. The fourth-order valence-corrected chi connectivity index (χ4v) is 2.09. The Morgan fingerprint density at radius 3 is 2.14 bits per heavy atom. The third-order valence-electron chi connectivity index (χ3n) is 2.45. The molecule has 0 aromatic heterocycles. The molecular formula is C13H18Cl2N4O3. The molecule has 0 saturated heterocycles. The number of ether oxygens (including phenoxy) is 2. The zero-order chi connectivity index (χ0) is 16.7. The summed E-state index contributed by atoms with van der Waals surface area (Å²) in [6.45, 7) is 4.41. The molecule has 0 atom stereocenters. The van der Waals surface area contributed by atoms with Crippen molar-refractivity contribution in [1.82, 2.24) is 5.32 Å². The lowest BCUT2D eigenvalue weighted by Crippen LogP contribution is -2.39. The summed E-state index contributed by atoms with van der Waals surface area (Å²) in [5, 5.41) is 5.15. The van der Waals surface area contributed by atoms with Crippen molar-refractivity contribution < 1.29 is 14.3 Å². The number of halogens is 2. The van der Waals surface area contributed by atoms with Crippen LogP contribution >= 0.6 is 23.2 Å². The summed E-state index contributed by atoms with van der Waals surface area (Å²) in [6, 6.07) is 0.936. The van der Waals surface area contributed by atoms with E-state index < -0.39 is 6.03 Å². The van der Waals surface area contributed by atoms with Crippen LogP contribution in [-0.2, 0) is 0 Å². The molecule has 0 heterocycles. The molecule has 2 amide bonds. The summed E-state index contributed by atoms with van der Waals surface area (Å²) in [5.74, 6) is 0.657. The van der Waals surface area contributed by atoms with Crippen molar-refractivity contribution in [1.29, 1.82) is 0 Å². The molecule has 0 radical (unpaired) electrons. The van der Waals surface area contributed by atoms with Gasteiger partial charge in [-0.2, -0.15) is 0 Å². The van der Waals surface area contributed by atoms with Crippen LogP contribution in [0.15, 0.2) is 11.1 Å². The van der Waals surface area contributed by atoms with Crippen LogP contribution < -0.4 is 25.8 Å². The predicted octanol–water partition coefficient (Wildman–Crippen LogP) is 2.86. The minimum absolute atomic E-state index is 0.0456. The van der Waals surface area contributed by atoms with Crippen molar-refractivity contribution >= 4 is 40.9 Å². The first kappa shape index (κ1) is 18.2. The van der Waals surface area contributed by atoms with E-state index in [4.69, 9.17) is 38.4 Å². The van der Waals surface area contributed by atoms with Crippen LogP contribution in [0, 0.1) is 0 Å². The topological polar surface area (TPSA) is 98.0 Å². The first-order chi connectivity index (χ1) is 10.4. The van der Waals surface area contributed by atoms with Crippen LogP contribution in [0.3, 0.4) is 0 Å². The Hall–Kier alpha value is -1.86. The zero-order valence-corrected chi connectivity index (χ0v) is 14.0. The first-order valence-electron chi connectivity index (χ1n) is 6.52. The van der Waals surface area contributed by atoms with Crippen LogP contribution in [0.5, 0.6) is 11.5 Å². The number of carbonyl (C=O) groups is 1. The van der Waals surface area contributed by atoms with Gasteiger partial charge >= 0.3 is 6.03 Å². The molecule has 0 bridgehead atoms. The smallest absolute Gasteiger partial charge is 0.326 e. The summed E-state index contributed by atoms with van der Waals surface area (Å²) < 4.78 is 10.8. The van der Waals surface area contributed by atoms with E-state index in [0.29, 0.717) is 24.7 Å². The van der Waals surface area contributed by atoms with Gasteiger partial charge in [0.2, 0.25) is 0 Å². The number of anilines is 1. The summed E-state index contributed by atoms with van der Waals surface area (Å²) >= 11 is 12.4. The van der Waals surface area contributed by atoms with Gasteiger partial charge in [-0.15, -0.1) is 0 Å². The number of urea groups is 1. The average molecular weight is 349 g/mol. The first-order valence-corrected chi connectivity index (χ1v) is 7.27. The minimum Gasteiger partial charge on any atom is -0.492 e. The standard InChI is InChI=1S/C13H18Cl2N4O3/c1-4-21-7-6-8(22-5-2)10(15)11(9(7)14)18-13(20)19-12(16)17-3/h6H,4-5H2,1-3H3,(H4,16,17,18,19,20). The molecule has 4 N–H and O–H groups in total. The summed E-state index contributed by atoms with van der Waals surface area (Å²) in [7, 11) is 1.44. The van der Waals surface area contributed by atoms with E-state index in [9.17, 15) is 4.79 Å². The maximum atomic E-state index is 11.8. The maximum Gasteiger partial charge on any atom is 0.326 e. The molecular weight excluding hydrogens is 331 g/mol. The second kappa shape index (κ2) is 8.55. The lowest BCUT2D eigenvalue weighted by Gasteiger charge is -2.16. The molecule has 7 nitrogen and oxygen atoms in total. The van der Waals surface area contributed by atoms with Crippen molar-refractivity contribution in [3.63, 3.8) is 0 Å². The van der Waals surface area contributed by atoms with E-state index in [0.717, 1.165) is 0 Å². The number of nitrogens with zero attached hydrogens (tertiary/aromatic N) is 1. The average Bonchev–Trinajstić information content (AvgIpc) is 2.48. The third-order valence-corrected chi connectivity index (χ3v) is 3.21. The van der Waals surface area contributed by atoms with Crippen molar-refractivity contribution in [3.05, 3.63) is 16.1 Å². The normalized spacial score (nSPS) is 11.0. The van der Waals surface area contributed by atoms with Gasteiger partial charge in [0.15, 0.2) is 5.96 Å². The maximum absolute atomic E-state index is 11.8. The number of hydrogen-bond donors (Lipinski definition) is 3. The lowest BCUT2D eigenvalue weighted by atomic mass is 10.2. The van der Waals surface area contributed by atoms with Gasteiger partial charge in [0.25, 0.3) is 0 Å². The number of amides is 2. The Labute approximate surface area is 138 Å². The van der Waals surface area contributed by atoms with Crippen LogP contribution in [0.4, 0.5) is 10.5 Å². The van der Waals surface area contributed by atoms with Crippen LogP contribution in [0.1, 0.15) is 13.8 Å². The molecule has 9 heteroatoms. The molecule has 0 unspecified atom stereocenters. The van der Waals surface area contributed by atoms with Crippen LogP contribution in [0.2, 0.25) is 10.0 Å². The van der Waals surface area contributed by atoms with Gasteiger partial charge in [-0.1, -0.05) is 23.2 Å². The Bertz CT molecular complexity index is 549. The molecule has 0 aliphatic heterocycles. The van der Waals surface area contributed by atoms with E-state index >= 15 is 0 Å². The Kier molecular flexibility index (Phi) is 7.07. The Morgan fingerprint density at radius 1 is 1.23 bits per heavy atom. The van der Waals surface area contributed by atoms with Gasteiger partial charge in [-0.3, -0.25) is 10.3 Å². The number of carbonyl (C=O) groups excluding carboxylic acids is 1. The minimum atomic E-state index is -0.636. The van der Waals surface area contributed by atoms with Crippen LogP contribution in [-0.4, -0.2) is 32.3 Å². The third kappa shape index (κ3) is 4.57. The molecule has 22 heavy (non-hydrogen) atoms. The molecule has 0 saturated carbocycles. The zero-order valence-electron chi connectivity index (χ0n) is 12.5. The lowest BCUT2D eigenvalue weighted by molar-refractivity contribution is 0.256. The van der Waals surface area contributed by atoms with Crippen molar-refractivity contribution in [2.75, 3.05) is 25.6 Å². The Morgan fingerprint density at radius 2 is 1.73 bits per heavy atom. The van der Waals surface area contributed by atoms with E-state index in [-0.39, 0.29) is 21.7 Å². The second-order valence-corrected chi connectivity index (χ2v) is 4.69. The number of rotatable bonds is 5. The van der Waals surface area contributed by atoms with E-state index in [1.54, 1.807) is 6.07 Å². The summed E-state index contributed by atoms with van der Waals surface area (Å²) in [6.07, 6.45) is 0. The van der Waals surface area contributed by atoms with Gasteiger partial charge in [0, 0.05) is 13.1 Å². The largest absolute Gasteiger partial charge is 0.492 e. The quantitative estimate of drug-likeness (QED) is 0.562. The van der Waals surface area contributed by atoms with E-state index in [1.165, 1.54) is 7.05 Å². The van der Waals surface area contributed by atoms with Gasteiger partial charge < -0.3 is 20.5 Å². The van der Waals surface area contributed by atoms with Gasteiger partial charge in [0.1, 0.15) is 21.5 Å². The predicted molar refractivity (Wildman–Crippen MR) is 88.5 cm³/mol. The number of hydrogen-bond acceptors (Lipinski definition) is 4. The highest BCUT2D eigenvalue weighted by molar-refractivity contribution is 6.41. The fourth-order valence-electron chi connectivity index (χ4n) is 1.54. The Balaban J connectivity index is 3.17. The van der Waals surface area contributed by atoms with Gasteiger partial charge in [-0.25, -0.2) is 4.79 Å². The SMILES string of the molecule is CCOc1cc(OCC)c(Cl)c(NC(=O)NC(N)=NC)c1Cl. The number of aliphatic imine (C=N–C) groups is 1. The molecule has 1 aromatic rings. The monoisotopic (exact) mass is 348 g/mol. The number of guanidine groups is 1. The summed E-state index contributed by atoms with van der Waals surface area (Å²) in [5.41, 5.74) is 5.59. The van der Waals surface area contributed by atoms with Gasteiger partial charge in [-0.05, 0) is 13.8 Å². The highest BCUT2D eigenvalue weighted by atomic mass is 35.5. The molecule has 122 valence electrons. The van der Waals surface area contributed by atoms with E-state index in [2.05, 4.69) is 15.6 Å². The van der Waals surface area contributed by atoms with Crippen LogP contribution in [0.25, 0.3) is 0 Å². The van der Waals surface area contributed by atoms with Gasteiger partial charge in [0.05, 0.1) is 18.9 Å². The number of benzene rings is 1. The van der Waals surface area contributed by atoms with Crippen molar-refractivity contribution in [2.45, 2.75) is 13.8 Å². The van der Waals surface area contributed by atoms with Crippen molar-refractivity contribution in [2.24, 2.45) is 10.7 Å². The molecule has 1 rings (SSSR count). The second-order valence-electron chi connectivity index (χ2n) is 3.93. The molecule has 0 fully saturated rings. The number of nitrogens with two attached hydrogens (primary N) is 1. The van der Waals surface area contributed by atoms with E-state index in [1.807, 2.05) is 13.8 Å². The molecule has 0 aliphatic carbocycles. The fraction of sp³-hybridized carbons (Fsp3) is 0.385. The van der Waals surface area contributed by atoms with Crippen molar-refractivity contribution in [3.8, 4) is 11.5 Å².